The Morgan fingerprint density at radius 2 is 2.50 bits per heavy atom. The van der Waals surface area contributed by atoms with Crippen molar-refractivity contribution < 1.29 is 4.79 Å². The van der Waals surface area contributed by atoms with Crippen LogP contribution in [-0.2, 0) is 4.79 Å². The predicted octanol–water partition coefficient (Wildman–Crippen LogP) is 1.49. The molecule has 0 atom stereocenters. The van der Waals surface area contributed by atoms with E-state index < -0.39 is 0 Å². The van der Waals surface area contributed by atoms with Crippen molar-refractivity contribution in [3.63, 3.8) is 0 Å². The summed E-state index contributed by atoms with van der Waals surface area (Å²) in [5, 5.41) is 11.5. The van der Waals surface area contributed by atoms with Crippen LogP contribution in [0.3, 0.4) is 0 Å². The first-order chi connectivity index (χ1) is 7.74. The van der Waals surface area contributed by atoms with Crippen molar-refractivity contribution >= 4 is 12.0 Å². The minimum atomic E-state index is -0.0347. The molecule has 0 fully saturated rings. The van der Waals surface area contributed by atoms with Crippen LogP contribution in [0.15, 0.2) is 24.4 Å². The molecule has 82 valence electrons. The van der Waals surface area contributed by atoms with Gasteiger partial charge in [-0.15, -0.1) is 0 Å². The van der Waals surface area contributed by atoms with Crippen molar-refractivity contribution in [1.82, 2.24) is 10.3 Å². The van der Waals surface area contributed by atoms with Crippen molar-refractivity contribution in [3.05, 3.63) is 35.7 Å². The number of pyridine rings is 1. The van der Waals surface area contributed by atoms with Gasteiger partial charge in [-0.3, -0.25) is 4.79 Å². The van der Waals surface area contributed by atoms with Crippen LogP contribution < -0.4 is 5.32 Å². The summed E-state index contributed by atoms with van der Waals surface area (Å²) in [5.74, 6) is -0.0347. The zero-order valence-electron chi connectivity index (χ0n) is 9.10. The third-order valence-electron chi connectivity index (χ3n) is 1.93. The highest BCUT2D eigenvalue weighted by Crippen LogP contribution is 2.06. The second kappa shape index (κ2) is 6.36. The molecule has 0 spiro atoms. The Hall–Kier alpha value is -2.15. The van der Waals surface area contributed by atoms with Crippen LogP contribution in [0.5, 0.6) is 0 Å². The largest absolute Gasteiger partial charge is 0.356 e. The lowest BCUT2D eigenvalue weighted by molar-refractivity contribution is -0.118. The average molecular weight is 215 g/mol. The first-order valence-electron chi connectivity index (χ1n) is 5.00. The van der Waals surface area contributed by atoms with Crippen molar-refractivity contribution in [2.75, 3.05) is 6.54 Å². The Morgan fingerprint density at radius 1 is 1.69 bits per heavy atom. The Kier molecular flexibility index (Phi) is 4.74. The number of amides is 1. The summed E-state index contributed by atoms with van der Waals surface area (Å²) in [4.78, 5) is 14.5. The van der Waals surface area contributed by atoms with Gasteiger partial charge in [0.1, 0.15) is 11.8 Å². The van der Waals surface area contributed by atoms with Gasteiger partial charge in [0.15, 0.2) is 0 Å². The topological polar surface area (TPSA) is 65.8 Å². The molecule has 0 saturated carbocycles. The summed E-state index contributed by atoms with van der Waals surface area (Å²) in [6.45, 7) is 2.09. The summed E-state index contributed by atoms with van der Waals surface area (Å²) in [7, 11) is 0. The van der Waals surface area contributed by atoms with Gasteiger partial charge in [-0.05, 0) is 12.5 Å². The number of nitrogens with zero attached hydrogens (tertiary/aromatic N) is 2. The number of nitrogens with one attached hydrogen (secondary N) is 1. The highest BCUT2D eigenvalue weighted by atomic mass is 16.1. The Bertz CT molecular complexity index is 432. The summed E-state index contributed by atoms with van der Waals surface area (Å²) in [6, 6.07) is 5.64. The number of carbonyl (C=O) groups is 1. The molecule has 1 rings (SSSR count). The minimum Gasteiger partial charge on any atom is -0.356 e. The standard InChI is InChI=1S/C12H13N3O/c1-10(16)14-7-3-2-5-11-6-4-8-15-12(11)9-13/h2,4-6,8H,3,7H2,1H3,(H,14,16). The molecule has 1 N–H and O–H groups in total. The summed E-state index contributed by atoms with van der Waals surface area (Å²) >= 11 is 0. The normalized spacial score (nSPS) is 10.0. The lowest BCUT2D eigenvalue weighted by Crippen LogP contribution is -2.20. The number of aromatic nitrogens is 1. The fourth-order valence-corrected chi connectivity index (χ4v) is 1.19. The van der Waals surface area contributed by atoms with Crippen LogP contribution in [0, 0.1) is 11.3 Å². The average Bonchev–Trinajstić information content (AvgIpc) is 2.29. The molecule has 0 aromatic carbocycles. The molecule has 1 aromatic rings. The molecule has 0 unspecified atom stereocenters. The van der Waals surface area contributed by atoms with Crippen molar-refractivity contribution in [1.29, 1.82) is 5.26 Å². The number of nitriles is 1. The maximum Gasteiger partial charge on any atom is 0.216 e. The molecule has 0 aliphatic heterocycles. The molecule has 0 saturated heterocycles. The van der Waals surface area contributed by atoms with Gasteiger partial charge in [-0.1, -0.05) is 18.2 Å². The van der Waals surface area contributed by atoms with E-state index in [0.717, 1.165) is 12.0 Å². The molecule has 1 amide bonds. The van der Waals surface area contributed by atoms with E-state index >= 15 is 0 Å². The van der Waals surface area contributed by atoms with E-state index in [1.165, 1.54) is 6.92 Å². The zero-order valence-corrected chi connectivity index (χ0v) is 9.10. The van der Waals surface area contributed by atoms with Crippen LogP contribution in [0.2, 0.25) is 0 Å². The first-order valence-corrected chi connectivity index (χ1v) is 5.00. The van der Waals surface area contributed by atoms with Crippen molar-refractivity contribution in [2.24, 2.45) is 0 Å². The molecule has 1 aromatic heterocycles. The van der Waals surface area contributed by atoms with E-state index in [0.29, 0.717) is 12.2 Å². The number of hydrogen-bond acceptors (Lipinski definition) is 3. The Labute approximate surface area is 94.6 Å². The third-order valence-corrected chi connectivity index (χ3v) is 1.93. The monoisotopic (exact) mass is 215 g/mol. The zero-order chi connectivity index (χ0) is 11.8. The maximum absolute atomic E-state index is 10.6. The van der Waals surface area contributed by atoms with Crippen molar-refractivity contribution in [2.45, 2.75) is 13.3 Å². The number of carbonyl (C=O) groups excluding carboxylic acids is 1. The maximum atomic E-state index is 10.6. The molecule has 1 heterocycles. The second-order valence-corrected chi connectivity index (χ2v) is 3.23. The Morgan fingerprint density at radius 3 is 3.19 bits per heavy atom. The van der Waals surface area contributed by atoms with Crippen LogP contribution in [0.25, 0.3) is 6.08 Å². The van der Waals surface area contributed by atoms with E-state index in [-0.39, 0.29) is 5.91 Å². The molecule has 4 nitrogen and oxygen atoms in total. The highest BCUT2D eigenvalue weighted by Gasteiger charge is 1.96. The predicted molar refractivity (Wildman–Crippen MR) is 61.3 cm³/mol. The van der Waals surface area contributed by atoms with Gasteiger partial charge in [0, 0.05) is 25.2 Å². The highest BCUT2D eigenvalue weighted by molar-refractivity contribution is 5.72. The van der Waals surface area contributed by atoms with Crippen LogP contribution in [0.1, 0.15) is 24.6 Å². The lowest BCUT2D eigenvalue weighted by atomic mass is 10.2. The molecule has 4 heteroatoms. The summed E-state index contributed by atoms with van der Waals surface area (Å²) in [6.07, 6.45) is 6.08. The quantitative estimate of drug-likeness (QED) is 0.774. The molecule has 0 aliphatic rings. The van der Waals surface area contributed by atoms with E-state index in [1.54, 1.807) is 12.3 Å². The van der Waals surface area contributed by atoms with Crippen molar-refractivity contribution in [3.8, 4) is 6.07 Å². The molecular weight excluding hydrogens is 202 g/mol. The first kappa shape index (κ1) is 11.9. The smallest absolute Gasteiger partial charge is 0.216 e. The van der Waals surface area contributed by atoms with Crippen LogP contribution >= 0.6 is 0 Å². The van der Waals surface area contributed by atoms with E-state index in [9.17, 15) is 4.79 Å². The van der Waals surface area contributed by atoms with Crippen LogP contribution in [0.4, 0.5) is 0 Å². The van der Waals surface area contributed by atoms with E-state index in [2.05, 4.69) is 10.3 Å². The fraction of sp³-hybridized carbons (Fsp3) is 0.250. The third kappa shape index (κ3) is 3.93. The molecule has 0 aliphatic carbocycles. The Balaban J connectivity index is 2.50. The van der Waals surface area contributed by atoms with Gasteiger partial charge in [0.2, 0.25) is 5.91 Å². The molecule has 0 radical (unpaired) electrons. The molecular formula is C12H13N3O. The lowest BCUT2D eigenvalue weighted by Gasteiger charge is -1.97. The van der Waals surface area contributed by atoms with Gasteiger partial charge in [0.05, 0.1) is 0 Å². The summed E-state index contributed by atoms with van der Waals surface area (Å²) < 4.78 is 0. The van der Waals surface area contributed by atoms with Gasteiger partial charge in [-0.25, -0.2) is 4.98 Å². The van der Waals surface area contributed by atoms with E-state index in [4.69, 9.17) is 5.26 Å². The second-order valence-electron chi connectivity index (χ2n) is 3.23. The van der Waals surface area contributed by atoms with E-state index in [1.807, 2.05) is 24.3 Å². The van der Waals surface area contributed by atoms with Gasteiger partial charge < -0.3 is 5.32 Å². The van der Waals surface area contributed by atoms with Gasteiger partial charge >= 0.3 is 0 Å². The minimum absolute atomic E-state index is 0.0347. The van der Waals surface area contributed by atoms with Gasteiger partial charge in [0.25, 0.3) is 0 Å². The molecule has 16 heavy (non-hydrogen) atoms. The number of rotatable bonds is 4. The fourth-order valence-electron chi connectivity index (χ4n) is 1.19. The summed E-state index contributed by atoms with van der Waals surface area (Å²) in [5.41, 5.74) is 1.21. The van der Waals surface area contributed by atoms with Crippen LogP contribution in [-0.4, -0.2) is 17.4 Å². The molecule has 0 bridgehead atoms. The van der Waals surface area contributed by atoms with Gasteiger partial charge in [-0.2, -0.15) is 5.26 Å². The number of hydrogen-bond donors (Lipinski definition) is 1. The SMILES string of the molecule is CC(=O)NCCC=Cc1cccnc1C#N.